The number of rotatable bonds is 18. The topological polar surface area (TPSA) is 107 Å². The van der Waals surface area contributed by atoms with Crippen LogP contribution in [0, 0.1) is 11.3 Å². The van der Waals surface area contributed by atoms with Crippen LogP contribution in [-0.2, 0) is 40.4 Å². The normalized spacial score (nSPS) is 14.5. The summed E-state index contributed by atoms with van der Waals surface area (Å²) in [4.78, 5) is 24.4. The number of hydrogen-bond donors (Lipinski definition) is 1. The molecule has 7 nitrogen and oxygen atoms in total. The number of methoxy groups -OCH3 is 1. The van der Waals surface area contributed by atoms with Crippen molar-refractivity contribution in [2.75, 3.05) is 25.2 Å². The lowest BCUT2D eigenvalue weighted by atomic mass is 9.76. The van der Waals surface area contributed by atoms with E-state index in [0.717, 1.165) is 15.9 Å². The molecule has 0 saturated heterocycles. The minimum atomic E-state index is -3.49. The van der Waals surface area contributed by atoms with E-state index in [2.05, 4.69) is 45.0 Å². The Bertz CT molecular complexity index is 1590. The zero-order valence-electron chi connectivity index (χ0n) is 30.6. The van der Waals surface area contributed by atoms with Gasteiger partial charge in [0.15, 0.2) is 9.84 Å². The van der Waals surface area contributed by atoms with Gasteiger partial charge in [0.1, 0.15) is 0 Å². The third-order valence-corrected chi connectivity index (χ3v) is 16.8. The lowest BCUT2D eigenvalue weighted by molar-refractivity contribution is -0.145. The lowest BCUT2D eigenvalue weighted by Gasteiger charge is -2.43. The van der Waals surface area contributed by atoms with Crippen LogP contribution in [0.3, 0.4) is 0 Å². The molecule has 3 aromatic rings. The molecule has 0 aromatic heterocycles. The molecule has 0 aliphatic rings. The second-order valence-electron chi connectivity index (χ2n) is 15.4. The molecule has 0 spiro atoms. The SMILES string of the molecule is COC(=O)C(C)CCc1cccc(C(C)(CCCC(C)(C)CS(=O)(=O)CCO[Si](c2ccccc2)(c2ccccc2)C(C)(C)C)C(=O)O)c1. The van der Waals surface area contributed by atoms with E-state index in [4.69, 9.17) is 9.16 Å². The molecule has 0 bridgehead atoms. The number of hydrogen-bond acceptors (Lipinski definition) is 6. The van der Waals surface area contributed by atoms with Gasteiger partial charge in [-0.05, 0) is 64.6 Å². The van der Waals surface area contributed by atoms with Crippen LogP contribution >= 0.6 is 0 Å². The molecule has 2 atom stereocenters. The highest BCUT2D eigenvalue weighted by atomic mass is 32.2. The molecular weight excluding hydrogens is 653 g/mol. The quantitative estimate of drug-likeness (QED) is 0.113. The van der Waals surface area contributed by atoms with Gasteiger partial charge in [-0.15, -0.1) is 0 Å². The van der Waals surface area contributed by atoms with Crippen molar-refractivity contribution >= 4 is 40.5 Å². The molecule has 9 heteroatoms. The van der Waals surface area contributed by atoms with E-state index < -0.39 is 35.0 Å². The van der Waals surface area contributed by atoms with Crippen molar-refractivity contribution in [3.8, 4) is 0 Å². The number of ether oxygens (including phenoxy) is 1. The van der Waals surface area contributed by atoms with Crippen LogP contribution in [0.1, 0.15) is 85.3 Å². The average Bonchev–Trinajstić information content (AvgIpc) is 3.04. The van der Waals surface area contributed by atoms with Gasteiger partial charge in [-0.1, -0.05) is 133 Å². The lowest BCUT2D eigenvalue weighted by Crippen LogP contribution is -2.66. The van der Waals surface area contributed by atoms with Gasteiger partial charge in [-0.25, -0.2) is 8.42 Å². The zero-order chi connectivity index (χ0) is 36.5. The Kier molecular flexibility index (Phi) is 13.6. The molecule has 0 radical (unpaired) electrons. The van der Waals surface area contributed by atoms with Crippen molar-refractivity contribution in [2.24, 2.45) is 11.3 Å². The number of carbonyl (C=O) groups excluding carboxylic acids is 1. The van der Waals surface area contributed by atoms with Crippen LogP contribution in [0.25, 0.3) is 0 Å². The van der Waals surface area contributed by atoms with Gasteiger partial charge in [0, 0.05) is 6.61 Å². The van der Waals surface area contributed by atoms with Crippen molar-refractivity contribution in [3.63, 3.8) is 0 Å². The fourth-order valence-corrected chi connectivity index (χ4v) is 13.4. The average molecular weight is 709 g/mol. The number of benzene rings is 3. The number of aryl methyl sites for hydroxylation is 1. The highest BCUT2D eigenvalue weighted by Crippen LogP contribution is 2.37. The molecule has 0 heterocycles. The predicted molar refractivity (Wildman–Crippen MR) is 201 cm³/mol. The van der Waals surface area contributed by atoms with E-state index in [0.29, 0.717) is 37.7 Å². The summed E-state index contributed by atoms with van der Waals surface area (Å²) in [7, 11) is -4.97. The van der Waals surface area contributed by atoms with Gasteiger partial charge in [0.05, 0.1) is 29.9 Å². The summed E-state index contributed by atoms with van der Waals surface area (Å²) >= 11 is 0. The summed E-state index contributed by atoms with van der Waals surface area (Å²) in [6.07, 6.45) is 2.70. The molecule has 268 valence electrons. The summed E-state index contributed by atoms with van der Waals surface area (Å²) < 4.78 is 38.8. The number of sulfone groups is 1. The van der Waals surface area contributed by atoms with E-state index in [1.165, 1.54) is 7.11 Å². The van der Waals surface area contributed by atoms with Gasteiger partial charge in [0.25, 0.3) is 8.32 Å². The first-order valence-electron chi connectivity index (χ1n) is 17.2. The molecule has 2 unspecified atom stereocenters. The molecule has 3 aromatic carbocycles. The highest BCUT2D eigenvalue weighted by Gasteiger charge is 2.50. The molecular formula is C40H56O7SSi. The monoisotopic (exact) mass is 708 g/mol. The first-order chi connectivity index (χ1) is 22.9. The second-order valence-corrected chi connectivity index (χ2v) is 21.9. The van der Waals surface area contributed by atoms with Gasteiger partial charge in [-0.2, -0.15) is 0 Å². The van der Waals surface area contributed by atoms with Crippen molar-refractivity contribution in [1.82, 2.24) is 0 Å². The van der Waals surface area contributed by atoms with Crippen molar-refractivity contribution in [2.45, 2.75) is 91.0 Å². The number of carbonyl (C=O) groups is 2. The predicted octanol–water partition coefficient (Wildman–Crippen LogP) is 6.96. The van der Waals surface area contributed by atoms with Gasteiger partial charge in [-0.3, -0.25) is 9.59 Å². The number of aliphatic carboxylic acids is 1. The third kappa shape index (κ3) is 10.4. The molecule has 49 heavy (non-hydrogen) atoms. The molecule has 0 aliphatic carbocycles. The van der Waals surface area contributed by atoms with Crippen molar-refractivity contribution in [1.29, 1.82) is 0 Å². The van der Waals surface area contributed by atoms with Crippen LogP contribution in [0.5, 0.6) is 0 Å². The fourth-order valence-electron chi connectivity index (χ4n) is 6.89. The molecule has 0 amide bonds. The van der Waals surface area contributed by atoms with Crippen LogP contribution in [0.4, 0.5) is 0 Å². The van der Waals surface area contributed by atoms with Crippen molar-refractivity contribution in [3.05, 3.63) is 96.1 Å². The first kappa shape index (κ1) is 40.2. The number of esters is 1. The van der Waals surface area contributed by atoms with Gasteiger partial charge < -0.3 is 14.3 Å². The van der Waals surface area contributed by atoms with E-state index in [1.807, 2.05) is 81.4 Å². The first-order valence-corrected chi connectivity index (χ1v) is 21.0. The Hall–Kier alpha value is -3.27. The van der Waals surface area contributed by atoms with E-state index in [1.54, 1.807) is 6.92 Å². The fraction of sp³-hybridized carbons (Fsp3) is 0.500. The largest absolute Gasteiger partial charge is 0.481 e. The maximum atomic E-state index is 13.6. The van der Waals surface area contributed by atoms with E-state index >= 15 is 0 Å². The minimum absolute atomic E-state index is 0.0121. The van der Waals surface area contributed by atoms with E-state index in [-0.39, 0.29) is 35.0 Å². The Morgan fingerprint density at radius 1 is 0.837 bits per heavy atom. The maximum absolute atomic E-state index is 13.6. The summed E-state index contributed by atoms with van der Waals surface area (Å²) in [5.74, 6) is -1.53. The number of carboxylic acid groups (broad SMARTS) is 1. The summed E-state index contributed by atoms with van der Waals surface area (Å²) in [5, 5.41) is 12.3. The minimum Gasteiger partial charge on any atom is -0.481 e. The standard InChI is InChI=1S/C40H56O7SSi/c1-31(36(41)46-8)23-24-32-17-15-18-33(29-32)40(7,37(42)43)26-16-25-39(5,6)30-48(44,45)28-27-47-49(38(2,3)4,34-19-11-9-12-20-34)35-21-13-10-14-22-35/h9-15,17-22,29,31H,16,23-28,30H2,1-8H3,(H,42,43). The Balaban J connectivity index is 1.68. The molecule has 0 saturated carbocycles. The summed E-state index contributed by atoms with van der Waals surface area (Å²) in [5.41, 5.74) is -0.0223. The van der Waals surface area contributed by atoms with Gasteiger partial charge >= 0.3 is 11.9 Å². The number of carboxylic acids is 1. The van der Waals surface area contributed by atoms with Crippen LogP contribution in [0.2, 0.25) is 5.04 Å². The summed E-state index contributed by atoms with van der Waals surface area (Å²) in [6, 6.07) is 27.9. The summed E-state index contributed by atoms with van der Waals surface area (Å²) in [6.45, 7) is 14.0. The van der Waals surface area contributed by atoms with Crippen LogP contribution in [0.15, 0.2) is 84.9 Å². The molecule has 0 aliphatic heterocycles. The molecule has 3 rings (SSSR count). The molecule has 1 N–H and O–H groups in total. The van der Waals surface area contributed by atoms with Crippen molar-refractivity contribution < 1.29 is 32.3 Å². The van der Waals surface area contributed by atoms with Crippen LogP contribution in [-0.4, -0.2) is 59.0 Å². The Labute approximate surface area is 295 Å². The van der Waals surface area contributed by atoms with Crippen LogP contribution < -0.4 is 10.4 Å². The zero-order valence-corrected chi connectivity index (χ0v) is 32.4. The Morgan fingerprint density at radius 2 is 1.41 bits per heavy atom. The Morgan fingerprint density at radius 3 is 1.92 bits per heavy atom. The second kappa shape index (κ2) is 16.6. The maximum Gasteiger partial charge on any atom is 0.313 e. The highest BCUT2D eigenvalue weighted by molar-refractivity contribution is 7.91. The molecule has 0 fully saturated rings. The van der Waals surface area contributed by atoms with E-state index in [9.17, 15) is 23.1 Å². The third-order valence-electron chi connectivity index (χ3n) is 9.78. The van der Waals surface area contributed by atoms with Gasteiger partial charge in [0.2, 0.25) is 0 Å². The smallest absolute Gasteiger partial charge is 0.313 e.